The van der Waals surface area contributed by atoms with E-state index in [1.165, 1.54) is 0 Å². The Labute approximate surface area is 130 Å². The van der Waals surface area contributed by atoms with Crippen molar-refractivity contribution in [3.63, 3.8) is 0 Å². The Morgan fingerprint density at radius 1 is 1.27 bits per heavy atom. The second-order valence-electron chi connectivity index (χ2n) is 5.89. The van der Waals surface area contributed by atoms with Crippen molar-refractivity contribution in [3.8, 4) is 0 Å². The third kappa shape index (κ3) is 3.04. The highest BCUT2D eigenvalue weighted by Crippen LogP contribution is 2.30. The first-order valence-electron chi connectivity index (χ1n) is 7.66. The number of rotatable bonds is 3. The standard InChI is InChI=1S/C17H21N3O2/c1-19-12-15(11-18-19)17(22)20-9-7-14(8-10-20)16(21)13-5-3-2-4-6-13/h2-6,11-12,14,16,21H,7-10H2,1H3. The number of carbonyl (C=O) groups is 1. The Kier molecular flexibility index (Phi) is 4.24. The summed E-state index contributed by atoms with van der Waals surface area (Å²) in [5.41, 5.74) is 1.59. The summed E-state index contributed by atoms with van der Waals surface area (Å²) in [6, 6.07) is 9.75. The van der Waals surface area contributed by atoms with Gasteiger partial charge in [0, 0.05) is 26.3 Å². The van der Waals surface area contributed by atoms with Crippen LogP contribution in [-0.2, 0) is 7.05 Å². The highest BCUT2D eigenvalue weighted by atomic mass is 16.3. The lowest BCUT2D eigenvalue weighted by molar-refractivity contribution is 0.0462. The summed E-state index contributed by atoms with van der Waals surface area (Å²) in [6.45, 7) is 1.37. The molecule has 1 aromatic carbocycles. The molecule has 0 radical (unpaired) electrons. The molecule has 1 aromatic heterocycles. The minimum absolute atomic E-state index is 0.0285. The van der Waals surface area contributed by atoms with Gasteiger partial charge < -0.3 is 10.0 Å². The Morgan fingerprint density at radius 2 is 1.95 bits per heavy atom. The Bertz CT molecular complexity index is 630. The first-order chi connectivity index (χ1) is 10.6. The van der Waals surface area contributed by atoms with E-state index in [2.05, 4.69) is 5.10 Å². The van der Waals surface area contributed by atoms with Gasteiger partial charge in [-0.25, -0.2) is 0 Å². The lowest BCUT2D eigenvalue weighted by atomic mass is 9.87. The number of amides is 1. The highest BCUT2D eigenvalue weighted by Gasteiger charge is 2.28. The van der Waals surface area contributed by atoms with E-state index >= 15 is 0 Å². The van der Waals surface area contributed by atoms with Crippen LogP contribution < -0.4 is 0 Å². The number of carbonyl (C=O) groups excluding carboxylic acids is 1. The molecule has 22 heavy (non-hydrogen) atoms. The smallest absolute Gasteiger partial charge is 0.257 e. The van der Waals surface area contributed by atoms with Crippen LogP contribution in [-0.4, -0.2) is 38.8 Å². The number of aliphatic hydroxyl groups is 1. The fourth-order valence-electron chi connectivity index (χ4n) is 3.05. The lowest BCUT2D eigenvalue weighted by Gasteiger charge is -2.34. The van der Waals surface area contributed by atoms with E-state index in [0.29, 0.717) is 18.7 Å². The van der Waals surface area contributed by atoms with Crippen LogP contribution in [0.1, 0.15) is 34.9 Å². The average molecular weight is 299 g/mol. The molecular weight excluding hydrogens is 278 g/mol. The van der Waals surface area contributed by atoms with Crippen LogP contribution in [0.5, 0.6) is 0 Å². The van der Waals surface area contributed by atoms with Crippen LogP contribution in [0.15, 0.2) is 42.7 Å². The van der Waals surface area contributed by atoms with Gasteiger partial charge in [0.15, 0.2) is 0 Å². The summed E-state index contributed by atoms with van der Waals surface area (Å²) in [4.78, 5) is 14.2. The van der Waals surface area contributed by atoms with Gasteiger partial charge in [-0.1, -0.05) is 30.3 Å². The molecule has 5 heteroatoms. The second-order valence-corrected chi connectivity index (χ2v) is 5.89. The van der Waals surface area contributed by atoms with Gasteiger partial charge in [-0.05, 0) is 24.3 Å². The van der Waals surface area contributed by atoms with Gasteiger partial charge in [0.1, 0.15) is 0 Å². The van der Waals surface area contributed by atoms with Crippen molar-refractivity contribution < 1.29 is 9.90 Å². The first kappa shape index (κ1) is 14.8. The maximum atomic E-state index is 12.4. The van der Waals surface area contributed by atoms with Gasteiger partial charge >= 0.3 is 0 Å². The van der Waals surface area contributed by atoms with E-state index in [9.17, 15) is 9.90 Å². The number of aryl methyl sites for hydroxylation is 1. The summed E-state index contributed by atoms with van der Waals surface area (Å²) < 4.78 is 1.64. The SMILES string of the molecule is Cn1cc(C(=O)N2CCC(C(O)c3ccccc3)CC2)cn1. The summed E-state index contributed by atoms with van der Waals surface area (Å²) in [5, 5.41) is 14.5. The molecule has 2 aromatic rings. The van der Waals surface area contributed by atoms with Crippen LogP contribution >= 0.6 is 0 Å². The van der Waals surface area contributed by atoms with E-state index in [0.717, 1.165) is 18.4 Å². The van der Waals surface area contributed by atoms with Crippen molar-refractivity contribution in [1.29, 1.82) is 0 Å². The Morgan fingerprint density at radius 3 is 2.55 bits per heavy atom. The molecule has 1 fully saturated rings. The van der Waals surface area contributed by atoms with Crippen molar-refractivity contribution in [2.45, 2.75) is 18.9 Å². The molecule has 1 unspecified atom stereocenters. The van der Waals surface area contributed by atoms with E-state index in [1.54, 1.807) is 24.1 Å². The quantitative estimate of drug-likeness (QED) is 0.943. The molecule has 116 valence electrons. The van der Waals surface area contributed by atoms with Gasteiger partial charge in [0.25, 0.3) is 5.91 Å². The number of piperidine rings is 1. The van der Waals surface area contributed by atoms with Crippen molar-refractivity contribution in [1.82, 2.24) is 14.7 Å². The van der Waals surface area contributed by atoms with Crippen LogP contribution in [0, 0.1) is 5.92 Å². The molecule has 1 atom stereocenters. The molecule has 5 nitrogen and oxygen atoms in total. The number of aromatic nitrogens is 2. The number of hydrogen-bond donors (Lipinski definition) is 1. The zero-order valence-electron chi connectivity index (χ0n) is 12.7. The molecule has 0 saturated carbocycles. The second kappa shape index (κ2) is 6.32. The molecule has 1 N–H and O–H groups in total. The van der Waals surface area contributed by atoms with E-state index in [4.69, 9.17) is 0 Å². The first-order valence-corrected chi connectivity index (χ1v) is 7.66. The van der Waals surface area contributed by atoms with E-state index in [1.807, 2.05) is 35.2 Å². The maximum absolute atomic E-state index is 12.4. The molecular formula is C17H21N3O2. The highest BCUT2D eigenvalue weighted by molar-refractivity contribution is 5.93. The zero-order valence-corrected chi connectivity index (χ0v) is 12.7. The predicted molar refractivity (Wildman–Crippen MR) is 83.2 cm³/mol. The van der Waals surface area contributed by atoms with Crippen LogP contribution in [0.25, 0.3) is 0 Å². The molecule has 0 aliphatic carbocycles. The van der Waals surface area contributed by atoms with Crippen molar-refractivity contribution in [2.24, 2.45) is 13.0 Å². The fraction of sp³-hybridized carbons (Fsp3) is 0.412. The summed E-state index contributed by atoms with van der Waals surface area (Å²) in [7, 11) is 1.80. The molecule has 1 saturated heterocycles. The van der Waals surface area contributed by atoms with Crippen LogP contribution in [0.3, 0.4) is 0 Å². The third-order valence-corrected chi connectivity index (χ3v) is 4.37. The summed E-state index contributed by atoms with van der Waals surface area (Å²) in [6.07, 6.45) is 4.54. The Hall–Kier alpha value is -2.14. The number of nitrogens with zero attached hydrogens (tertiary/aromatic N) is 3. The monoisotopic (exact) mass is 299 g/mol. The molecule has 1 amide bonds. The largest absolute Gasteiger partial charge is 0.388 e. The van der Waals surface area contributed by atoms with Crippen molar-refractivity contribution in [2.75, 3.05) is 13.1 Å². The third-order valence-electron chi connectivity index (χ3n) is 4.37. The topological polar surface area (TPSA) is 58.4 Å². The van der Waals surface area contributed by atoms with Gasteiger partial charge in [-0.15, -0.1) is 0 Å². The van der Waals surface area contributed by atoms with Crippen molar-refractivity contribution in [3.05, 3.63) is 53.9 Å². The number of aliphatic hydroxyl groups excluding tert-OH is 1. The lowest BCUT2D eigenvalue weighted by Crippen LogP contribution is -2.39. The molecule has 1 aliphatic rings. The normalized spacial score (nSPS) is 17.5. The number of hydrogen-bond acceptors (Lipinski definition) is 3. The van der Waals surface area contributed by atoms with Gasteiger partial charge in [0.05, 0.1) is 17.9 Å². The number of likely N-dealkylation sites (tertiary alicyclic amines) is 1. The molecule has 0 spiro atoms. The Balaban J connectivity index is 1.59. The van der Waals surface area contributed by atoms with Crippen molar-refractivity contribution >= 4 is 5.91 Å². The van der Waals surface area contributed by atoms with Crippen LogP contribution in [0.2, 0.25) is 0 Å². The average Bonchev–Trinajstić information content (AvgIpc) is 3.01. The fourth-order valence-corrected chi connectivity index (χ4v) is 3.05. The van der Waals surface area contributed by atoms with Gasteiger partial charge in [-0.2, -0.15) is 5.10 Å². The maximum Gasteiger partial charge on any atom is 0.257 e. The van der Waals surface area contributed by atoms with Crippen LogP contribution in [0.4, 0.5) is 0 Å². The number of benzene rings is 1. The molecule has 3 rings (SSSR count). The minimum Gasteiger partial charge on any atom is -0.388 e. The van der Waals surface area contributed by atoms with Gasteiger partial charge in [-0.3, -0.25) is 9.48 Å². The molecule has 1 aliphatic heterocycles. The predicted octanol–water partition coefficient (Wildman–Crippen LogP) is 2.01. The minimum atomic E-state index is -0.447. The molecule has 0 bridgehead atoms. The van der Waals surface area contributed by atoms with E-state index in [-0.39, 0.29) is 11.8 Å². The van der Waals surface area contributed by atoms with E-state index < -0.39 is 6.10 Å². The zero-order chi connectivity index (χ0) is 15.5. The summed E-state index contributed by atoms with van der Waals surface area (Å²) >= 11 is 0. The molecule has 2 heterocycles. The summed E-state index contributed by atoms with van der Waals surface area (Å²) in [5.74, 6) is 0.237. The van der Waals surface area contributed by atoms with Gasteiger partial charge in [0.2, 0.25) is 0 Å².